The molecule has 0 N–H and O–H groups in total. The maximum Gasteiger partial charge on any atom is 0.336 e. The van der Waals surface area contributed by atoms with E-state index in [0.29, 0.717) is 29.6 Å². The molecule has 0 bridgehead atoms. The van der Waals surface area contributed by atoms with E-state index in [2.05, 4.69) is 11.8 Å². The van der Waals surface area contributed by atoms with Crippen LogP contribution in [0.2, 0.25) is 5.02 Å². The Morgan fingerprint density at radius 2 is 2.11 bits per heavy atom. The number of halogens is 1. The fourth-order valence-electron chi connectivity index (χ4n) is 3.60. The van der Waals surface area contributed by atoms with Crippen molar-refractivity contribution in [2.75, 3.05) is 18.7 Å². The van der Waals surface area contributed by atoms with Crippen molar-refractivity contribution in [2.24, 2.45) is 0 Å². The van der Waals surface area contributed by atoms with Crippen molar-refractivity contribution in [3.8, 4) is 11.5 Å². The number of ether oxygens (including phenoxy) is 2. The third-order valence-corrected chi connectivity index (χ3v) is 5.33. The SMILES string of the molecule is CCCCc1cc(=O)oc2c3c(c(Cl)cc12)OCN(c1cccc(OC)c1)C3. The van der Waals surface area contributed by atoms with E-state index < -0.39 is 0 Å². The molecular weight excluding hydrogens is 378 g/mol. The van der Waals surface area contributed by atoms with Crippen LogP contribution in [0.25, 0.3) is 11.0 Å². The van der Waals surface area contributed by atoms with Gasteiger partial charge in [0.25, 0.3) is 0 Å². The maximum atomic E-state index is 12.2. The second-order valence-corrected chi connectivity index (χ2v) is 7.32. The van der Waals surface area contributed by atoms with Crippen molar-refractivity contribution in [3.63, 3.8) is 0 Å². The zero-order valence-electron chi connectivity index (χ0n) is 16.0. The van der Waals surface area contributed by atoms with Crippen LogP contribution >= 0.6 is 11.6 Å². The van der Waals surface area contributed by atoms with Crippen LogP contribution in [-0.4, -0.2) is 13.8 Å². The third kappa shape index (κ3) is 3.42. The van der Waals surface area contributed by atoms with Gasteiger partial charge in [-0.2, -0.15) is 0 Å². The second-order valence-electron chi connectivity index (χ2n) is 6.91. The smallest absolute Gasteiger partial charge is 0.336 e. The molecule has 0 amide bonds. The molecule has 2 heterocycles. The normalized spacial score (nSPS) is 13.3. The van der Waals surface area contributed by atoms with E-state index in [4.69, 9.17) is 25.5 Å². The summed E-state index contributed by atoms with van der Waals surface area (Å²) in [5, 5.41) is 1.42. The number of benzene rings is 2. The largest absolute Gasteiger partial charge is 0.497 e. The summed E-state index contributed by atoms with van der Waals surface area (Å²) in [6.07, 6.45) is 2.86. The Morgan fingerprint density at radius 1 is 1.25 bits per heavy atom. The van der Waals surface area contributed by atoms with Gasteiger partial charge >= 0.3 is 5.63 Å². The standard InChI is InChI=1S/C22H22ClNO4/c1-3-4-6-14-9-20(25)28-21-17(14)11-19(23)22-18(21)12-24(13-27-22)15-7-5-8-16(10-15)26-2/h5,7-11H,3-4,6,12-13H2,1-2H3. The fourth-order valence-corrected chi connectivity index (χ4v) is 3.88. The van der Waals surface area contributed by atoms with Crippen LogP contribution in [0.15, 0.2) is 45.6 Å². The van der Waals surface area contributed by atoms with E-state index in [1.807, 2.05) is 30.3 Å². The van der Waals surface area contributed by atoms with Gasteiger partial charge in [-0.1, -0.05) is 31.0 Å². The molecule has 0 aliphatic carbocycles. The van der Waals surface area contributed by atoms with Crippen molar-refractivity contribution in [2.45, 2.75) is 32.7 Å². The Balaban J connectivity index is 1.82. The lowest BCUT2D eigenvalue weighted by molar-refractivity contribution is 0.289. The number of hydrogen-bond acceptors (Lipinski definition) is 5. The summed E-state index contributed by atoms with van der Waals surface area (Å²) < 4.78 is 16.9. The molecule has 0 fully saturated rings. The minimum atomic E-state index is -0.346. The molecular formula is C22H22ClNO4. The molecule has 5 nitrogen and oxygen atoms in total. The van der Waals surface area contributed by atoms with E-state index >= 15 is 0 Å². The Bertz CT molecular complexity index is 1080. The zero-order chi connectivity index (χ0) is 19.7. The summed E-state index contributed by atoms with van der Waals surface area (Å²) in [4.78, 5) is 14.3. The first kappa shape index (κ1) is 18.7. The topological polar surface area (TPSA) is 51.9 Å². The molecule has 3 aromatic rings. The molecule has 0 atom stereocenters. The predicted molar refractivity (Wildman–Crippen MR) is 111 cm³/mol. The summed E-state index contributed by atoms with van der Waals surface area (Å²) in [6.45, 7) is 3.01. The number of unbranched alkanes of at least 4 members (excludes halogenated alkanes) is 1. The Morgan fingerprint density at radius 3 is 2.89 bits per heavy atom. The average Bonchev–Trinajstić information content (AvgIpc) is 2.72. The van der Waals surface area contributed by atoms with Crippen molar-refractivity contribution in [1.29, 1.82) is 0 Å². The number of methoxy groups -OCH3 is 1. The quantitative estimate of drug-likeness (QED) is 0.555. The van der Waals surface area contributed by atoms with Crippen molar-refractivity contribution in [1.82, 2.24) is 0 Å². The van der Waals surface area contributed by atoms with Gasteiger partial charge in [-0.05, 0) is 36.6 Å². The van der Waals surface area contributed by atoms with Gasteiger partial charge in [0.2, 0.25) is 0 Å². The molecule has 0 saturated carbocycles. The number of aryl methyl sites for hydroxylation is 1. The number of nitrogens with zero attached hydrogens (tertiary/aromatic N) is 1. The van der Waals surface area contributed by atoms with E-state index in [-0.39, 0.29) is 5.63 Å². The average molecular weight is 400 g/mol. The van der Waals surface area contributed by atoms with Crippen LogP contribution in [0, 0.1) is 0 Å². The summed E-state index contributed by atoms with van der Waals surface area (Å²) in [7, 11) is 1.64. The van der Waals surface area contributed by atoms with E-state index in [1.54, 1.807) is 13.2 Å². The van der Waals surface area contributed by atoms with Crippen LogP contribution in [0.5, 0.6) is 11.5 Å². The molecule has 1 aromatic heterocycles. The molecule has 0 radical (unpaired) electrons. The second kappa shape index (κ2) is 7.76. The molecule has 146 valence electrons. The van der Waals surface area contributed by atoms with Crippen LogP contribution < -0.4 is 20.0 Å². The highest BCUT2D eigenvalue weighted by Gasteiger charge is 2.25. The lowest BCUT2D eigenvalue weighted by Crippen LogP contribution is -2.32. The molecule has 0 saturated heterocycles. The lowest BCUT2D eigenvalue weighted by atomic mass is 10.0. The molecule has 4 rings (SSSR count). The number of anilines is 1. The van der Waals surface area contributed by atoms with Gasteiger partial charge < -0.3 is 18.8 Å². The van der Waals surface area contributed by atoms with Crippen LogP contribution in [0.4, 0.5) is 5.69 Å². The molecule has 0 unspecified atom stereocenters. The van der Waals surface area contributed by atoms with Crippen molar-refractivity contribution >= 4 is 28.3 Å². The molecule has 1 aliphatic heterocycles. The third-order valence-electron chi connectivity index (χ3n) is 5.05. The van der Waals surface area contributed by atoms with E-state index in [0.717, 1.165) is 47.2 Å². The van der Waals surface area contributed by atoms with Gasteiger partial charge in [-0.3, -0.25) is 0 Å². The minimum Gasteiger partial charge on any atom is -0.497 e. The van der Waals surface area contributed by atoms with Gasteiger partial charge in [-0.25, -0.2) is 4.79 Å². The predicted octanol–water partition coefficient (Wildman–Crippen LogP) is 5.15. The van der Waals surface area contributed by atoms with Gasteiger partial charge in [0.05, 0.1) is 24.2 Å². The number of fused-ring (bicyclic) bond motifs is 3. The van der Waals surface area contributed by atoms with Gasteiger partial charge in [0, 0.05) is 23.2 Å². The Hall–Kier alpha value is -2.66. The summed E-state index contributed by atoms with van der Waals surface area (Å²) in [5.41, 5.74) is 2.94. The van der Waals surface area contributed by atoms with Crippen LogP contribution in [0.1, 0.15) is 30.9 Å². The molecule has 6 heteroatoms. The zero-order valence-corrected chi connectivity index (χ0v) is 16.7. The lowest BCUT2D eigenvalue weighted by Gasteiger charge is -2.31. The highest BCUT2D eigenvalue weighted by Crippen LogP contribution is 2.40. The molecule has 28 heavy (non-hydrogen) atoms. The minimum absolute atomic E-state index is 0.346. The van der Waals surface area contributed by atoms with Crippen LogP contribution in [-0.2, 0) is 13.0 Å². The highest BCUT2D eigenvalue weighted by molar-refractivity contribution is 6.33. The highest BCUT2D eigenvalue weighted by atomic mass is 35.5. The number of hydrogen-bond donors (Lipinski definition) is 0. The molecule has 1 aliphatic rings. The Labute approximate surface area is 168 Å². The first-order chi connectivity index (χ1) is 13.6. The maximum absolute atomic E-state index is 12.2. The first-order valence-electron chi connectivity index (χ1n) is 9.40. The van der Waals surface area contributed by atoms with Gasteiger partial charge in [-0.15, -0.1) is 0 Å². The monoisotopic (exact) mass is 399 g/mol. The summed E-state index contributed by atoms with van der Waals surface area (Å²) in [5.74, 6) is 1.36. The summed E-state index contributed by atoms with van der Waals surface area (Å²) >= 11 is 6.53. The number of rotatable bonds is 5. The first-order valence-corrected chi connectivity index (χ1v) is 9.78. The summed E-state index contributed by atoms with van der Waals surface area (Å²) in [6, 6.07) is 11.2. The fraction of sp³-hybridized carbons (Fsp3) is 0.318. The van der Waals surface area contributed by atoms with Gasteiger partial charge in [0.1, 0.15) is 17.1 Å². The van der Waals surface area contributed by atoms with Crippen LogP contribution in [0.3, 0.4) is 0 Å². The van der Waals surface area contributed by atoms with Gasteiger partial charge in [0.15, 0.2) is 6.73 Å². The van der Waals surface area contributed by atoms with E-state index in [1.165, 1.54) is 0 Å². The molecule has 2 aromatic carbocycles. The molecule has 0 spiro atoms. The Kier molecular flexibility index (Phi) is 5.18. The van der Waals surface area contributed by atoms with E-state index in [9.17, 15) is 4.79 Å². The van der Waals surface area contributed by atoms with Crippen molar-refractivity contribution < 1.29 is 13.9 Å². The van der Waals surface area contributed by atoms with Crippen molar-refractivity contribution in [3.05, 3.63) is 63.0 Å².